The Balaban J connectivity index is 1.55. The average molecular weight is 434 g/mol. The number of benzene rings is 1. The van der Waals surface area contributed by atoms with Gasteiger partial charge in [0, 0.05) is 31.8 Å². The van der Waals surface area contributed by atoms with Crippen molar-refractivity contribution in [2.24, 2.45) is 0 Å². The van der Waals surface area contributed by atoms with Gasteiger partial charge in [0.15, 0.2) is 0 Å². The van der Waals surface area contributed by atoms with E-state index in [1.807, 2.05) is 0 Å². The van der Waals surface area contributed by atoms with Gasteiger partial charge in [-0.3, -0.25) is 4.79 Å². The fraction of sp³-hybridized carbons (Fsp3) is 0.652. The highest BCUT2D eigenvalue weighted by Crippen LogP contribution is 2.19. The Bertz CT molecular complexity index is 706. The lowest BCUT2D eigenvalue weighted by Crippen LogP contribution is -2.53. The van der Waals surface area contributed by atoms with E-state index in [1.54, 1.807) is 36.3 Å². The van der Waals surface area contributed by atoms with Crippen molar-refractivity contribution in [2.45, 2.75) is 63.1 Å². The number of carbonyl (C=O) groups is 2. The smallest absolute Gasteiger partial charge is 0.317 e. The summed E-state index contributed by atoms with van der Waals surface area (Å²) >= 11 is 0. The Kier molecular flexibility index (Phi) is 8.97. The molecule has 2 aliphatic rings. The highest BCUT2D eigenvalue weighted by atomic mass is 16.5. The molecule has 3 N–H and O–H groups in total. The summed E-state index contributed by atoms with van der Waals surface area (Å²) in [5.74, 6) is 0.385. The molecular formula is C23H35N3O5. The molecule has 0 spiro atoms. The normalized spacial score (nSPS) is 22.5. The third kappa shape index (κ3) is 7.11. The van der Waals surface area contributed by atoms with Crippen molar-refractivity contribution in [2.75, 3.05) is 33.4 Å². The maximum atomic E-state index is 12.8. The SMILES string of the molecule is COCCOc1ccc(C(=O)N[C@@H]2CN(C(=O)NC3CCCCC3)CCC[C@H]2O)cc1. The number of hydrogen-bond donors (Lipinski definition) is 3. The predicted molar refractivity (Wildman–Crippen MR) is 117 cm³/mol. The second-order valence-corrected chi connectivity index (χ2v) is 8.39. The number of ether oxygens (including phenoxy) is 2. The van der Waals surface area contributed by atoms with E-state index in [0.717, 1.165) is 25.7 Å². The minimum atomic E-state index is -0.687. The minimum absolute atomic E-state index is 0.0993. The molecule has 1 heterocycles. The Labute approximate surface area is 184 Å². The first-order valence-electron chi connectivity index (χ1n) is 11.3. The molecule has 0 unspecified atom stereocenters. The van der Waals surface area contributed by atoms with Crippen molar-refractivity contribution in [3.8, 4) is 5.75 Å². The molecular weight excluding hydrogens is 398 g/mol. The first kappa shape index (κ1) is 23.3. The van der Waals surface area contributed by atoms with Crippen LogP contribution in [0.2, 0.25) is 0 Å². The second kappa shape index (κ2) is 11.9. The summed E-state index contributed by atoms with van der Waals surface area (Å²) in [6.07, 6.45) is 6.14. The molecule has 1 saturated heterocycles. The van der Waals surface area contributed by atoms with Crippen LogP contribution in [0.5, 0.6) is 5.75 Å². The van der Waals surface area contributed by atoms with E-state index in [4.69, 9.17) is 9.47 Å². The number of amides is 3. The van der Waals surface area contributed by atoms with E-state index in [9.17, 15) is 14.7 Å². The molecule has 8 nitrogen and oxygen atoms in total. The van der Waals surface area contributed by atoms with E-state index in [0.29, 0.717) is 50.5 Å². The standard InChI is InChI=1S/C23H35N3O5/c1-30-14-15-31-19-11-9-17(10-12-19)22(28)25-20-16-26(13-5-8-21(20)27)23(29)24-18-6-3-2-4-7-18/h9-12,18,20-21,27H,2-8,13-16H2,1H3,(H,24,29)(H,25,28)/t20-,21-/m1/s1. The summed E-state index contributed by atoms with van der Waals surface area (Å²) in [6, 6.07) is 6.47. The molecule has 8 heteroatoms. The molecule has 2 atom stereocenters. The van der Waals surface area contributed by atoms with Gasteiger partial charge in [0.25, 0.3) is 5.91 Å². The number of carbonyl (C=O) groups excluding carboxylic acids is 2. The zero-order valence-corrected chi connectivity index (χ0v) is 18.3. The van der Waals surface area contributed by atoms with E-state index in [2.05, 4.69) is 10.6 Å². The number of aliphatic hydroxyl groups excluding tert-OH is 1. The number of aliphatic hydroxyl groups is 1. The van der Waals surface area contributed by atoms with Crippen LogP contribution >= 0.6 is 0 Å². The summed E-state index contributed by atoms with van der Waals surface area (Å²) in [4.78, 5) is 27.2. The van der Waals surface area contributed by atoms with Crippen LogP contribution in [0.25, 0.3) is 0 Å². The van der Waals surface area contributed by atoms with Crippen LogP contribution in [0.3, 0.4) is 0 Å². The molecule has 3 amide bonds. The van der Waals surface area contributed by atoms with Gasteiger partial charge in [-0.05, 0) is 49.9 Å². The Morgan fingerprint density at radius 2 is 1.77 bits per heavy atom. The molecule has 1 aromatic rings. The minimum Gasteiger partial charge on any atom is -0.491 e. The van der Waals surface area contributed by atoms with Crippen molar-refractivity contribution < 1.29 is 24.2 Å². The van der Waals surface area contributed by atoms with Gasteiger partial charge in [-0.15, -0.1) is 0 Å². The molecule has 1 aliphatic carbocycles. The summed E-state index contributed by atoms with van der Waals surface area (Å²) in [6.45, 7) is 1.81. The molecule has 1 aliphatic heterocycles. The summed E-state index contributed by atoms with van der Waals surface area (Å²) < 4.78 is 10.5. The van der Waals surface area contributed by atoms with E-state index in [-0.39, 0.29) is 18.0 Å². The monoisotopic (exact) mass is 433 g/mol. The Morgan fingerprint density at radius 1 is 1.03 bits per heavy atom. The molecule has 1 saturated carbocycles. The number of methoxy groups -OCH3 is 1. The molecule has 172 valence electrons. The maximum absolute atomic E-state index is 12.8. The maximum Gasteiger partial charge on any atom is 0.317 e. The molecule has 1 aromatic carbocycles. The molecule has 0 radical (unpaired) electrons. The van der Waals surface area contributed by atoms with Gasteiger partial charge in [0.05, 0.1) is 18.8 Å². The predicted octanol–water partition coefficient (Wildman–Crippen LogP) is 2.31. The number of likely N-dealkylation sites (tertiary alicyclic amines) is 1. The zero-order valence-electron chi connectivity index (χ0n) is 18.3. The Morgan fingerprint density at radius 3 is 2.48 bits per heavy atom. The van der Waals surface area contributed by atoms with Gasteiger partial charge in [-0.1, -0.05) is 19.3 Å². The molecule has 31 heavy (non-hydrogen) atoms. The van der Waals surface area contributed by atoms with Crippen LogP contribution in [0.1, 0.15) is 55.3 Å². The fourth-order valence-electron chi connectivity index (χ4n) is 4.18. The first-order chi connectivity index (χ1) is 15.1. The third-order valence-electron chi connectivity index (χ3n) is 6.02. The van der Waals surface area contributed by atoms with E-state index < -0.39 is 12.1 Å². The number of hydrogen-bond acceptors (Lipinski definition) is 5. The topological polar surface area (TPSA) is 100 Å². The van der Waals surface area contributed by atoms with Gasteiger partial charge < -0.3 is 30.1 Å². The molecule has 2 fully saturated rings. The quantitative estimate of drug-likeness (QED) is 0.573. The number of urea groups is 1. The second-order valence-electron chi connectivity index (χ2n) is 8.39. The van der Waals surface area contributed by atoms with E-state index >= 15 is 0 Å². The number of nitrogens with one attached hydrogen (secondary N) is 2. The van der Waals surface area contributed by atoms with Gasteiger partial charge in [-0.25, -0.2) is 4.79 Å². The van der Waals surface area contributed by atoms with E-state index in [1.165, 1.54) is 6.42 Å². The summed E-state index contributed by atoms with van der Waals surface area (Å²) in [7, 11) is 1.61. The van der Waals surface area contributed by atoms with Crippen LogP contribution < -0.4 is 15.4 Å². The van der Waals surface area contributed by atoms with Gasteiger partial charge in [0.1, 0.15) is 12.4 Å². The summed E-state index contributed by atoms with van der Waals surface area (Å²) in [5, 5.41) is 16.6. The van der Waals surface area contributed by atoms with Crippen LogP contribution in [0.15, 0.2) is 24.3 Å². The average Bonchev–Trinajstić information content (AvgIpc) is 2.96. The highest BCUT2D eigenvalue weighted by molar-refractivity contribution is 5.94. The number of nitrogens with zero attached hydrogens (tertiary/aromatic N) is 1. The van der Waals surface area contributed by atoms with Crippen molar-refractivity contribution >= 4 is 11.9 Å². The lowest BCUT2D eigenvalue weighted by molar-refractivity contribution is 0.0808. The Hall–Kier alpha value is -2.32. The lowest BCUT2D eigenvalue weighted by atomic mass is 9.96. The van der Waals surface area contributed by atoms with Gasteiger partial charge >= 0.3 is 6.03 Å². The third-order valence-corrected chi connectivity index (χ3v) is 6.02. The van der Waals surface area contributed by atoms with Crippen LogP contribution in [0, 0.1) is 0 Å². The van der Waals surface area contributed by atoms with Crippen molar-refractivity contribution in [3.63, 3.8) is 0 Å². The van der Waals surface area contributed by atoms with Gasteiger partial charge in [0.2, 0.25) is 0 Å². The van der Waals surface area contributed by atoms with Crippen LogP contribution in [-0.4, -0.2) is 73.5 Å². The lowest BCUT2D eigenvalue weighted by Gasteiger charge is -2.30. The van der Waals surface area contributed by atoms with Gasteiger partial charge in [-0.2, -0.15) is 0 Å². The van der Waals surface area contributed by atoms with Crippen molar-refractivity contribution in [1.29, 1.82) is 0 Å². The molecule has 0 aromatic heterocycles. The van der Waals surface area contributed by atoms with Crippen molar-refractivity contribution in [1.82, 2.24) is 15.5 Å². The molecule has 3 rings (SSSR count). The highest BCUT2D eigenvalue weighted by Gasteiger charge is 2.30. The summed E-state index contributed by atoms with van der Waals surface area (Å²) in [5.41, 5.74) is 0.480. The largest absolute Gasteiger partial charge is 0.491 e. The zero-order chi connectivity index (χ0) is 22.1. The van der Waals surface area contributed by atoms with Crippen molar-refractivity contribution in [3.05, 3.63) is 29.8 Å². The number of rotatable bonds is 7. The molecule has 0 bridgehead atoms. The van der Waals surface area contributed by atoms with Crippen LogP contribution in [0.4, 0.5) is 4.79 Å². The van der Waals surface area contributed by atoms with Crippen LogP contribution in [-0.2, 0) is 4.74 Å². The fourth-order valence-corrected chi connectivity index (χ4v) is 4.18. The first-order valence-corrected chi connectivity index (χ1v) is 11.3.